The normalized spacial score (nSPS) is 19.8. The van der Waals surface area contributed by atoms with E-state index in [0.29, 0.717) is 23.8 Å². The lowest BCUT2D eigenvalue weighted by Crippen LogP contribution is -2.33. The first-order chi connectivity index (χ1) is 11.7. The highest BCUT2D eigenvalue weighted by molar-refractivity contribution is 7.71. The van der Waals surface area contributed by atoms with Gasteiger partial charge in [-0.05, 0) is 55.4 Å². The van der Waals surface area contributed by atoms with E-state index in [1.54, 1.807) is 0 Å². The molecule has 1 unspecified atom stereocenters. The fourth-order valence-electron chi connectivity index (χ4n) is 3.67. The minimum atomic E-state index is -0.0146. The molecule has 1 amide bonds. The van der Waals surface area contributed by atoms with Crippen molar-refractivity contribution >= 4 is 18.1 Å². The minimum absolute atomic E-state index is 0.0146. The van der Waals surface area contributed by atoms with Crippen LogP contribution in [0.4, 0.5) is 0 Å². The summed E-state index contributed by atoms with van der Waals surface area (Å²) in [7, 11) is 0. The second-order valence-corrected chi connectivity index (χ2v) is 7.12. The molecule has 2 aromatic rings. The van der Waals surface area contributed by atoms with E-state index < -0.39 is 0 Å². The Hall–Kier alpha value is -1.95. The summed E-state index contributed by atoms with van der Waals surface area (Å²) in [5, 5.41) is 10.3. The van der Waals surface area contributed by atoms with E-state index in [-0.39, 0.29) is 11.8 Å². The highest BCUT2D eigenvalue weighted by Crippen LogP contribution is 2.35. The zero-order chi connectivity index (χ0) is 16.5. The van der Waals surface area contributed by atoms with E-state index in [0.717, 1.165) is 25.1 Å². The van der Waals surface area contributed by atoms with Crippen LogP contribution in [0.15, 0.2) is 24.3 Å². The van der Waals surface area contributed by atoms with Crippen molar-refractivity contribution in [2.24, 2.45) is 0 Å². The maximum Gasteiger partial charge on any atom is 0.227 e. The number of aromatic amines is 1. The van der Waals surface area contributed by atoms with Crippen LogP contribution in [0.25, 0.3) is 0 Å². The summed E-state index contributed by atoms with van der Waals surface area (Å²) in [6.45, 7) is 0.601. The summed E-state index contributed by atoms with van der Waals surface area (Å²) < 4.78 is 2.80. The van der Waals surface area contributed by atoms with Crippen molar-refractivity contribution in [3.8, 4) is 0 Å². The van der Waals surface area contributed by atoms with Gasteiger partial charge in [0.05, 0.1) is 5.92 Å². The van der Waals surface area contributed by atoms with Gasteiger partial charge in [-0.25, -0.2) is 0 Å². The van der Waals surface area contributed by atoms with Gasteiger partial charge >= 0.3 is 0 Å². The van der Waals surface area contributed by atoms with E-state index in [1.807, 2.05) is 6.07 Å². The first-order valence-corrected chi connectivity index (χ1v) is 9.16. The molecule has 0 aliphatic heterocycles. The highest BCUT2D eigenvalue weighted by atomic mass is 32.1. The highest BCUT2D eigenvalue weighted by Gasteiger charge is 2.28. The summed E-state index contributed by atoms with van der Waals surface area (Å²) in [5.74, 6) is 1.07. The number of fused-ring (bicyclic) bond motifs is 1. The molecule has 4 rings (SSSR count). The zero-order valence-electron chi connectivity index (χ0n) is 13.6. The Kier molecular flexibility index (Phi) is 4.22. The maximum absolute atomic E-state index is 12.6. The van der Waals surface area contributed by atoms with Crippen molar-refractivity contribution < 1.29 is 4.79 Å². The van der Waals surface area contributed by atoms with Crippen LogP contribution in [0.1, 0.15) is 54.6 Å². The molecule has 2 N–H and O–H groups in total. The lowest BCUT2D eigenvalue weighted by atomic mass is 9.82. The maximum atomic E-state index is 12.6. The Bertz CT molecular complexity index is 805. The molecule has 24 heavy (non-hydrogen) atoms. The number of hydrogen-bond acceptors (Lipinski definition) is 3. The molecule has 1 fully saturated rings. The number of aromatic nitrogens is 3. The fourth-order valence-corrected chi connectivity index (χ4v) is 3.97. The van der Waals surface area contributed by atoms with Crippen LogP contribution in [0.3, 0.4) is 0 Å². The number of hydrogen-bond donors (Lipinski definition) is 2. The van der Waals surface area contributed by atoms with Crippen molar-refractivity contribution in [1.29, 1.82) is 0 Å². The first kappa shape index (κ1) is 15.6. The van der Waals surface area contributed by atoms with Gasteiger partial charge in [0.1, 0.15) is 5.82 Å². The quantitative estimate of drug-likeness (QED) is 0.821. The smallest absolute Gasteiger partial charge is 0.227 e. The number of carbonyl (C=O) groups is 1. The van der Waals surface area contributed by atoms with Gasteiger partial charge < -0.3 is 9.88 Å². The van der Waals surface area contributed by atoms with E-state index in [9.17, 15) is 4.79 Å². The third kappa shape index (κ3) is 3.02. The number of carbonyl (C=O) groups excluding carboxylic acids is 1. The lowest BCUT2D eigenvalue weighted by molar-refractivity contribution is -0.122. The summed E-state index contributed by atoms with van der Waals surface area (Å²) >= 11 is 5.29. The molecule has 1 aromatic carbocycles. The zero-order valence-corrected chi connectivity index (χ0v) is 14.4. The third-order valence-corrected chi connectivity index (χ3v) is 5.31. The number of amides is 1. The standard InChI is InChI=1S/C18H22N4OS/c23-17(15-7-3-5-12-4-1-2-6-14(12)15)19-11-10-16-20-21-18(24)22(16)13-8-9-13/h1-2,4,6,13,15H,3,5,7-11H2,(H,19,23)(H,21,24). The van der Waals surface area contributed by atoms with Gasteiger partial charge in [-0.2, -0.15) is 5.10 Å². The lowest BCUT2D eigenvalue weighted by Gasteiger charge is -2.24. The second-order valence-electron chi connectivity index (χ2n) is 6.73. The Morgan fingerprint density at radius 2 is 2.17 bits per heavy atom. The van der Waals surface area contributed by atoms with Crippen molar-refractivity contribution in [2.45, 2.75) is 50.5 Å². The van der Waals surface area contributed by atoms with E-state index in [4.69, 9.17) is 12.2 Å². The van der Waals surface area contributed by atoms with Crippen molar-refractivity contribution in [2.75, 3.05) is 6.54 Å². The van der Waals surface area contributed by atoms with Gasteiger partial charge in [0.15, 0.2) is 4.77 Å². The van der Waals surface area contributed by atoms with Crippen molar-refractivity contribution in [3.63, 3.8) is 0 Å². The van der Waals surface area contributed by atoms with Crippen LogP contribution in [-0.4, -0.2) is 27.2 Å². The number of nitrogens with zero attached hydrogens (tertiary/aromatic N) is 2. The van der Waals surface area contributed by atoms with Gasteiger partial charge in [0, 0.05) is 19.0 Å². The Labute approximate surface area is 146 Å². The molecule has 0 spiro atoms. The average molecular weight is 342 g/mol. The van der Waals surface area contributed by atoms with Gasteiger partial charge in [-0.15, -0.1) is 0 Å². The molecular weight excluding hydrogens is 320 g/mol. The van der Waals surface area contributed by atoms with Crippen LogP contribution in [-0.2, 0) is 17.6 Å². The van der Waals surface area contributed by atoms with E-state index in [1.165, 1.54) is 24.0 Å². The van der Waals surface area contributed by atoms with E-state index in [2.05, 4.69) is 38.3 Å². The first-order valence-electron chi connectivity index (χ1n) is 8.75. The summed E-state index contributed by atoms with van der Waals surface area (Å²) in [6.07, 6.45) is 6.15. The molecule has 1 saturated carbocycles. The molecule has 126 valence electrons. The molecule has 0 bridgehead atoms. The SMILES string of the molecule is O=C(NCCc1n[nH]c(=S)n1C1CC1)C1CCCc2ccccc21. The molecule has 0 saturated heterocycles. The fraction of sp³-hybridized carbons (Fsp3) is 0.500. The molecule has 6 heteroatoms. The summed E-state index contributed by atoms with van der Waals surface area (Å²) in [5.41, 5.74) is 2.51. The minimum Gasteiger partial charge on any atom is -0.355 e. The van der Waals surface area contributed by atoms with Gasteiger partial charge in [0.25, 0.3) is 0 Å². The van der Waals surface area contributed by atoms with Crippen LogP contribution in [0.5, 0.6) is 0 Å². The summed E-state index contributed by atoms with van der Waals surface area (Å²) in [6, 6.07) is 8.82. The summed E-state index contributed by atoms with van der Waals surface area (Å²) in [4.78, 5) is 12.6. The van der Waals surface area contributed by atoms with Gasteiger partial charge in [0.2, 0.25) is 5.91 Å². The second kappa shape index (κ2) is 6.51. The topological polar surface area (TPSA) is 62.7 Å². The number of aryl methyl sites for hydroxylation is 1. The number of nitrogens with one attached hydrogen (secondary N) is 2. The van der Waals surface area contributed by atoms with Crippen molar-refractivity contribution in [1.82, 2.24) is 20.1 Å². The van der Waals surface area contributed by atoms with Crippen LogP contribution < -0.4 is 5.32 Å². The monoisotopic (exact) mass is 342 g/mol. The van der Waals surface area contributed by atoms with Gasteiger partial charge in [-0.1, -0.05) is 24.3 Å². The molecule has 1 aromatic heterocycles. The number of H-pyrrole nitrogens is 1. The molecule has 1 heterocycles. The van der Waals surface area contributed by atoms with E-state index >= 15 is 0 Å². The Morgan fingerprint density at radius 3 is 3.00 bits per heavy atom. The predicted molar refractivity (Wildman–Crippen MR) is 94.5 cm³/mol. The largest absolute Gasteiger partial charge is 0.355 e. The van der Waals surface area contributed by atoms with Gasteiger partial charge in [-0.3, -0.25) is 9.89 Å². The van der Waals surface area contributed by atoms with Crippen LogP contribution in [0, 0.1) is 4.77 Å². The Balaban J connectivity index is 1.39. The van der Waals surface area contributed by atoms with Crippen LogP contribution >= 0.6 is 12.2 Å². The van der Waals surface area contributed by atoms with Crippen LogP contribution in [0.2, 0.25) is 0 Å². The third-order valence-electron chi connectivity index (χ3n) is 5.02. The Morgan fingerprint density at radius 1 is 1.33 bits per heavy atom. The molecule has 5 nitrogen and oxygen atoms in total. The average Bonchev–Trinajstić information content (AvgIpc) is 3.37. The number of benzene rings is 1. The molecular formula is C18H22N4OS. The molecule has 1 atom stereocenters. The molecule has 0 radical (unpaired) electrons. The number of rotatable bonds is 5. The molecule has 2 aliphatic rings. The predicted octanol–water partition coefficient (Wildman–Crippen LogP) is 3.05. The van der Waals surface area contributed by atoms with Crippen molar-refractivity contribution in [3.05, 3.63) is 46.0 Å². The molecule has 2 aliphatic carbocycles.